The largest absolute Gasteiger partial charge is 0.389 e. The summed E-state index contributed by atoms with van der Waals surface area (Å²) in [5, 5.41) is 2.13. The summed E-state index contributed by atoms with van der Waals surface area (Å²) in [5.74, 6) is 4.66. The molecule has 0 saturated carbocycles. The zero-order valence-corrected chi connectivity index (χ0v) is 6.24. The van der Waals surface area contributed by atoms with E-state index in [2.05, 4.69) is 11.2 Å². The van der Waals surface area contributed by atoms with Crippen LogP contribution in [0.3, 0.4) is 0 Å². The lowest BCUT2D eigenvalue weighted by atomic mass is 10.3. The van der Waals surface area contributed by atoms with Gasteiger partial charge in [-0.1, -0.05) is 0 Å². The van der Waals surface area contributed by atoms with Gasteiger partial charge in [-0.2, -0.15) is 13.2 Å². The molecule has 0 unspecified atom stereocenters. The van der Waals surface area contributed by atoms with Crippen LogP contribution in [0.4, 0.5) is 18.0 Å². The fourth-order valence-corrected chi connectivity index (χ4v) is 0.542. The van der Waals surface area contributed by atoms with Crippen molar-refractivity contribution in [3.8, 4) is 0 Å². The molecule has 0 aliphatic carbocycles. The zero-order chi connectivity index (χ0) is 9.61. The fourth-order valence-electron chi connectivity index (χ4n) is 0.542. The third kappa shape index (κ3) is 7.13. The Hall–Kier alpha value is -0.980. The molecule has 0 bridgehead atoms. The highest BCUT2D eigenvalue weighted by Crippen LogP contribution is 2.20. The van der Waals surface area contributed by atoms with E-state index >= 15 is 0 Å². The molecule has 0 fully saturated rings. The van der Waals surface area contributed by atoms with Gasteiger partial charge in [0.15, 0.2) is 0 Å². The quantitative estimate of drug-likeness (QED) is 0.259. The van der Waals surface area contributed by atoms with Gasteiger partial charge in [0.05, 0.1) is 0 Å². The van der Waals surface area contributed by atoms with Gasteiger partial charge in [0.2, 0.25) is 0 Å². The van der Waals surface area contributed by atoms with Gasteiger partial charge in [-0.15, -0.1) is 0 Å². The van der Waals surface area contributed by atoms with Crippen LogP contribution in [0.25, 0.3) is 0 Å². The molecule has 7 heteroatoms. The Labute approximate surface area is 67.3 Å². The summed E-state index contributed by atoms with van der Waals surface area (Å²) in [5.41, 5.74) is 1.73. The summed E-state index contributed by atoms with van der Waals surface area (Å²) >= 11 is 0. The lowest BCUT2D eigenvalue weighted by Gasteiger charge is -2.06. The number of rotatable bonds is 3. The first-order valence-electron chi connectivity index (χ1n) is 3.27. The Morgan fingerprint density at radius 2 is 2.00 bits per heavy atom. The zero-order valence-electron chi connectivity index (χ0n) is 6.24. The van der Waals surface area contributed by atoms with Crippen molar-refractivity contribution in [2.75, 3.05) is 6.54 Å². The van der Waals surface area contributed by atoms with Crippen LogP contribution in [0.5, 0.6) is 0 Å². The van der Waals surface area contributed by atoms with Crippen molar-refractivity contribution in [2.45, 2.75) is 19.0 Å². The van der Waals surface area contributed by atoms with Crippen molar-refractivity contribution in [3.05, 3.63) is 0 Å². The van der Waals surface area contributed by atoms with E-state index in [1.807, 2.05) is 0 Å². The van der Waals surface area contributed by atoms with E-state index in [1.54, 1.807) is 5.43 Å². The van der Waals surface area contributed by atoms with Crippen LogP contribution in [-0.4, -0.2) is 18.8 Å². The van der Waals surface area contributed by atoms with Crippen molar-refractivity contribution in [3.63, 3.8) is 0 Å². The van der Waals surface area contributed by atoms with E-state index in [0.29, 0.717) is 0 Å². The molecular formula is C5H10F3N3O. The molecule has 0 saturated heterocycles. The van der Waals surface area contributed by atoms with Crippen molar-refractivity contribution >= 4 is 6.03 Å². The van der Waals surface area contributed by atoms with Crippen molar-refractivity contribution in [1.82, 2.24) is 10.7 Å². The standard InChI is InChI=1S/C5H10F3N3O/c6-5(7,8)2-1-3-10-4(12)11-9/h1-3,9H2,(H2,10,11,12). The molecule has 0 atom stereocenters. The summed E-state index contributed by atoms with van der Waals surface area (Å²) in [7, 11) is 0. The molecule has 4 N–H and O–H groups in total. The number of hydrazine groups is 1. The number of nitrogens with one attached hydrogen (secondary N) is 2. The maximum atomic E-state index is 11.5. The minimum Gasteiger partial charge on any atom is -0.337 e. The lowest BCUT2D eigenvalue weighted by molar-refractivity contribution is -0.135. The topological polar surface area (TPSA) is 67.1 Å². The smallest absolute Gasteiger partial charge is 0.337 e. The monoisotopic (exact) mass is 185 g/mol. The molecule has 0 aliphatic rings. The molecule has 12 heavy (non-hydrogen) atoms. The number of carbonyl (C=O) groups excluding carboxylic acids is 1. The summed E-state index contributed by atoms with van der Waals surface area (Å²) in [6.45, 7) is -0.0391. The van der Waals surface area contributed by atoms with E-state index in [0.717, 1.165) is 0 Å². The number of carbonyl (C=O) groups is 1. The molecule has 2 amide bonds. The number of hydrogen-bond acceptors (Lipinski definition) is 2. The Morgan fingerprint density at radius 1 is 1.42 bits per heavy atom. The molecule has 0 aromatic rings. The first-order chi connectivity index (χ1) is 5.45. The van der Waals surface area contributed by atoms with Crippen molar-refractivity contribution in [1.29, 1.82) is 0 Å². The Morgan fingerprint density at radius 3 is 2.42 bits per heavy atom. The molecule has 0 aliphatic heterocycles. The van der Waals surface area contributed by atoms with Crippen LogP contribution in [0, 0.1) is 0 Å². The van der Waals surface area contributed by atoms with E-state index in [9.17, 15) is 18.0 Å². The second-order valence-corrected chi connectivity index (χ2v) is 2.12. The molecule has 0 rings (SSSR count). The predicted octanol–water partition coefficient (Wildman–Crippen LogP) is 0.502. The number of halogens is 3. The minimum atomic E-state index is -4.17. The second-order valence-electron chi connectivity index (χ2n) is 2.12. The molecular weight excluding hydrogens is 175 g/mol. The van der Waals surface area contributed by atoms with E-state index in [1.165, 1.54) is 0 Å². The van der Waals surface area contributed by atoms with Crippen LogP contribution in [0.1, 0.15) is 12.8 Å². The molecule has 0 spiro atoms. The Bertz CT molecular complexity index is 147. The molecule has 72 valence electrons. The first-order valence-corrected chi connectivity index (χ1v) is 3.27. The molecule has 0 heterocycles. The second kappa shape index (κ2) is 4.81. The summed E-state index contributed by atoms with van der Waals surface area (Å²) in [4.78, 5) is 10.3. The SMILES string of the molecule is NNC(=O)NCCCC(F)(F)F. The van der Waals surface area contributed by atoms with Crippen LogP contribution in [0.2, 0.25) is 0 Å². The summed E-state index contributed by atoms with van der Waals surface area (Å²) in [6, 6.07) is -0.683. The van der Waals surface area contributed by atoms with E-state index in [4.69, 9.17) is 0 Å². The van der Waals surface area contributed by atoms with E-state index < -0.39 is 18.6 Å². The third-order valence-corrected chi connectivity index (χ3v) is 1.05. The van der Waals surface area contributed by atoms with Crippen LogP contribution < -0.4 is 16.6 Å². The number of amides is 2. The first kappa shape index (κ1) is 11.0. The van der Waals surface area contributed by atoms with Crippen molar-refractivity contribution < 1.29 is 18.0 Å². The van der Waals surface area contributed by atoms with Crippen LogP contribution in [0.15, 0.2) is 0 Å². The Kier molecular flexibility index (Phi) is 4.42. The van der Waals surface area contributed by atoms with Gasteiger partial charge in [-0.3, -0.25) is 5.43 Å². The highest BCUT2D eigenvalue weighted by molar-refractivity contribution is 5.72. The average molecular weight is 185 g/mol. The lowest BCUT2D eigenvalue weighted by Crippen LogP contribution is -2.40. The van der Waals surface area contributed by atoms with Gasteiger partial charge in [0.1, 0.15) is 0 Å². The summed E-state index contributed by atoms with van der Waals surface area (Å²) in [6.07, 6.45) is -5.21. The molecule has 0 aromatic carbocycles. The van der Waals surface area contributed by atoms with Gasteiger partial charge in [0.25, 0.3) is 0 Å². The normalized spacial score (nSPS) is 11.0. The maximum absolute atomic E-state index is 11.5. The number of nitrogens with two attached hydrogens (primary N) is 1. The highest BCUT2D eigenvalue weighted by atomic mass is 19.4. The third-order valence-electron chi connectivity index (χ3n) is 1.05. The predicted molar refractivity (Wildman–Crippen MR) is 36.0 cm³/mol. The maximum Gasteiger partial charge on any atom is 0.389 e. The molecule has 4 nitrogen and oxygen atoms in total. The van der Waals surface area contributed by atoms with Crippen molar-refractivity contribution in [2.24, 2.45) is 5.84 Å². The van der Waals surface area contributed by atoms with Gasteiger partial charge in [-0.05, 0) is 6.42 Å². The van der Waals surface area contributed by atoms with Crippen LogP contribution in [-0.2, 0) is 0 Å². The number of alkyl halides is 3. The van der Waals surface area contributed by atoms with Gasteiger partial charge in [-0.25, -0.2) is 10.6 Å². The molecule has 0 aromatic heterocycles. The van der Waals surface area contributed by atoms with Gasteiger partial charge < -0.3 is 5.32 Å². The van der Waals surface area contributed by atoms with Crippen LogP contribution >= 0.6 is 0 Å². The van der Waals surface area contributed by atoms with Gasteiger partial charge >= 0.3 is 12.2 Å². The summed E-state index contributed by atoms with van der Waals surface area (Å²) < 4.78 is 34.5. The highest BCUT2D eigenvalue weighted by Gasteiger charge is 2.25. The number of urea groups is 1. The number of hydrogen-bond donors (Lipinski definition) is 3. The average Bonchev–Trinajstić information content (AvgIpc) is 1.96. The van der Waals surface area contributed by atoms with E-state index in [-0.39, 0.29) is 13.0 Å². The van der Waals surface area contributed by atoms with Gasteiger partial charge in [0, 0.05) is 13.0 Å². The minimum absolute atomic E-state index is 0.0391. The fraction of sp³-hybridized carbons (Fsp3) is 0.800. The Balaban J connectivity index is 3.28. The molecule has 0 radical (unpaired) electrons.